The molecule has 0 saturated carbocycles. The van der Waals surface area contributed by atoms with Gasteiger partial charge in [0, 0.05) is 21.6 Å². The van der Waals surface area contributed by atoms with Gasteiger partial charge in [-0.1, -0.05) is 70.5 Å². The van der Waals surface area contributed by atoms with Crippen molar-refractivity contribution in [2.45, 2.75) is 19.2 Å². The molecule has 192 valence electrons. The largest absolute Gasteiger partial charge is 0.496 e. The van der Waals surface area contributed by atoms with Gasteiger partial charge in [-0.3, -0.25) is 4.98 Å². The molecular formula is C31H23BrF3NO2. The fourth-order valence-electron chi connectivity index (χ4n) is 4.55. The lowest BCUT2D eigenvalue weighted by molar-refractivity contribution is -0.136. The summed E-state index contributed by atoms with van der Waals surface area (Å²) in [5.74, 6) is 1.29. The molecule has 0 saturated heterocycles. The lowest BCUT2D eigenvalue weighted by Crippen LogP contribution is -2.07. The zero-order chi connectivity index (χ0) is 26.7. The summed E-state index contributed by atoms with van der Waals surface area (Å²) in [6, 6.07) is 27.1. The molecule has 1 aromatic heterocycles. The zero-order valence-corrected chi connectivity index (χ0v) is 22.0. The summed E-state index contributed by atoms with van der Waals surface area (Å²) in [5, 5.41) is 0.444. The Kier molecular flexibility index (Phi) is 7.38. The van der Waals surface area contributed by atoms with E-state index in [0.717, 1.165) is 32.8 Å². The molecule has 0 unspecified atom stereocenters. The highest BCUT2D eigenvalue weighted by Gasteiger charge is 2.33. The van der Waals surface area contributed by atoms with Crippen molar-refractivity contribution in [3.05, 3.63) is 124 Å². The van der Waals surface area contributed by atoms with E-state index in [0.29, 0.717) is 28.9 Å². The first kappa shape index (κ1) is 25.8. The number of fused-ring (bicyclic) bond motifs is 1. The van der Waals surface area contributed by atoms with Crippen LogP contribution < -0.4 is 9.47 Å². The first-order chi connectivity index (χ1) is 18.3. The minimum absolute atomic E-state index is 0.0722. The number of ether oxygens (including phenoxy) is 2. The number of hydrogen-bond acceptors (Lipinski definition) is 3. The monoisotopic (exact) mass is 577 g/mol. The lowest BCUT2D eigenvalue weighted by atomic mass is 9.92. The molecule has 38 heavy (non-hydrogen) atoms. The second kappa shape index (κ2) is 10.9. The van der Waals surface area contributed by atoms with Crippen LogP contribution in [0, 0.1) is 0 Å². The average molecular weight is 578 g/mol. The van der Waals surface area contributed by atoms with Crippen LogP contribution in [0.5, 0.6) is 11.5 Å². The Morgan fingerprint density at radius 3 is 2.39 bits per heavy atom. The van der Waals surface area contributed by atoms with Crippen molar-refractivity contribution in [3.8, 4) is 22.6 Å². The SMILES string of the molecule is COc1ccc(Br)cc1COc1cccc(-c2c(Cc3ccccc3)cnc3c(C(F)(F)F)cccc23)c1. The smallest absolute Gasteiger partial charge is 0.418 e. The van der Waals surface area contributed by atoms with E-state index in [9.17, 15) is 13.2 Å². The summed E-state index contributed by atoms with van der Waals surface area (Å²) in [4.78, 5) is 4.29. The van der Waals surface area contributed by atoms with Gasteiger partial charge in [0.15, 0.2) is 0 Å². The number of pyridine rings is 1. The van der Waals surface area contributed by atoms with Gasteiger partial charge in [0.05, 0.1) is 18.2 Å². The molecule has 0 fully saturated rings. The number of nitrogens with zero attached hydrogens (tertiary/aromatic N) is 1. The van der Waals surface area contributed by atoms with Crippen LogP contribution in [-0.2, 0) is 19.2 Å². The van der Waals surface area contributed by atoms with Crippen LogP contribution in [0.25, 0.3) is 22.0 Å². The molecule has 5 aromatic rings. The third-order valence-corrected chi connectivity index (χ3v) is 6.77. The van der Waals surface area contributed by atoms with Crippen LogP contribution in [0.4, 0.5) is 13.2 Å². The maximum absolute atomic E-state index is 13.8. The molecule has 0 bridgehead atoms. The van der Waals surface area contributed by atoms with E-state index >= 15 is 0 Å². The van der Waals surface area contributed by atoms with Crippen molar-refractivity contribution < 1.29 is 22.6 Å². The number of alkyl halides is 3. The van der Waals surface area contributed by atoms with Crippen LogP contribution in [0.1, 0.15) is 22.3 Å². The molecule has 4 aromatic carbocycles. The summed E-state index contributed by atoms with van der Waals surface area (Å²) >= 11 is 3.47. The van der Waals surface area contributed by atoms with Crippen LogP contribution in [0.2, 0.25) is 0 Å². The summed E-state index contributed by atoms with van der Waals surface area (Å²) in [6.45, 7) is 0.262. The second-order valence-electron chi connectivity index (χ2n) is 8.79. The van der Waals surface area contributed by atoms with Gasteiger partial charge in [-0.05, 0) is 65.1 Å². The third-order valence-electron chi connectivity index (χ3n) is 6.28. The quantitative estimate of drug-likeness (QED) is 0.193. The minimum Gasteiger partial charge on any atom is -0.496 e. The second-order valence-corrected chi connectivity index (χ2v) is 9.71. The highest BCUT2D eigenvalue weighted by molar-refractivity contribution is 9.10. The van der Waals surface area contributed by atoms with Crippen LogP contribution >= 0.6 is 15.9 Å². The molecular weight excluding hydrogens is 555 g/mol. The predicted molar refractivity (Wildman–Crippen MR) is 146 cm³/mol. The van der Waals surface area contributed by atoms with E-state index in [4.69, 9.17) is 9.47 Å². The van der Waals surface area contributed by atoms with E-state index in [-0.39, 0.29) is 12.1 Å². The van der Waals surface area contributed by atoms with Gasteiger partial charge in [0.1, 0.15) is 18.1 Å². The fourth-order valence-corrected chi connectivity index (χ4v) is 4.95. The average Bonchev–Trinajstić information content (AvgIpc) is 2.91. The first-order valence-corrected chi connectivity index (χ1v) is 12.7. The van der Waals surface area contributed by atoms with Crippen molar-refractivity contribution in [1.29, 1.82) is 0 Å². The molecule has 1 heterocycles. The van der Waals surface area contributed by atoms with Gasteiger partial charge in [-0.2, -0.15) is 13.2 Å². The number of benzene rings is 4. The van der Waals surface area contributed by atoms with Gasteiger partial charge < -0.3 is 9.47 Å². The molecule has 0 aliphatic heterocycles. The number of methoxy groups -OCH3 is 1. The van der Waals surface area contributed by atoms with Crippen LogP contribution in [0.3, 0.4) is 0 Å². The highest BCUT2D eigenvalue weighted by atomic mass is 79.9. The number of rotatable bonds is 7. The minimum atomic E-state index is -4.52. The number of hydrogen-bond donors (Lipinski definition) is 0. The molecule has 0 spiro atoms. The Morgan fingerprint density at radius 2 is 1.63 bits per heavy atom. The first-order valence-electron chi connectivity index (χ1n) is 11.9. The molecule has 5 rings (SSSR count). The van der Waals surface area contributed by atoms with E-state index in [1.54, 1.807) is 19.4 Å². The molecule has 0 radical (unpaired) electrons. The van der Waals surface area contributed by atoms with E-state index < -0.39 is 11.7 Å². The van der Waals surface area contributed by atoms with Crippen LogP contribution in [-0.4, -0.2) is 12.1 Å². The topological polar surface area (TPSA) is 31.4 Å². The van der Waals surface area contributed by atoms with Crippen molar-refractivity contribution in [2.75, 3.05) is 7.11 Å². The maximum Gasteiger partial charge on any atom is 0.418 e. The summed E-state index contributed by atoms with van der Waals surface area (Å²) in [6.07, 6.45) is -2.44. The van der Waals surface area contributed by atoms with Gasteiger partial charge in [0.25, 0.3) is 0 Å². The van der Waals surface area contributed by atoms with Crippen molar-refractivity contribution >= 4 is 26.8 Å². The standard InChI is InChI=1S/C31H23BrF3NO2/c1-37-28-14-13-24(32)16-23(28)19-38-25-10-5-9-21(17-25)29-22(15-20-7-3-2-4-8-20)18-36-30-26(29)11-6-12-27(30)31(33,34)35/h2-14,16-18H,15,19H2,1H3. The number of aromatic nitrogens is 1. The Labute approximate surface area is 227 Å². The molecule has 3 nitrogen and oxygen atoms in total. The fraction of sp³-hybridized carbons (Fsp3) is 0.129. The van der Waals surface area contributed by atoms with Crippen molar-refractivity contribution in [2.24, 2.45) is 0 Å². The predicted octanol–water partition coefficient (Wildman–Crippen LogP) is 8.86. The number of halogens is 4. The molecule has 0 atom stereocenters. The van der Waals surface area contributed by atoms with E-state index in [1.165, 1.54) is 6.07 Å². The Bertz CT molecular complexity index is 1590. The zero-order valence-electron chi connectivity index (χ0n) is 20.4. The number of para-hydroxylation sites is 1. The van der Waals surface area contributed by atoms with Gasteiger partial charge in [-0.15, -0.1) is 0 Å². The highest BCUT2D eigenvalue weighted by Crippen LogP contribution is 2.39. The lowest BCUT2D eigenvalue weighted by Gasteiger charge is -2.17. The van der Waals surface area contributed by atoms with Gasteiger partial charge in [-0.25, -0.2) is 0 Å². The molecule has 0 aliphatic carbocycles. The summed E-state index contributed by atoms with van der Waals surface area (Å²) in [7, 11) is 1.60. The van der Waals surface area contributed by atoms with Crippen molar-refractivity contribution in [1.82, 2.24) is 4.98 Å². The van der Waals surface area contributed by atoms with Crippen LogP contribution in [0.15, 0.2) is 102 Å². The Balaban J connectivity index is 1.59. The van der Waals surface area contributed by atoms with E-state index in [2.05, 4.69) is 20.9 Å². The maximum atomic E-state index is 13.8. The van der Waals surface area contributed by atoms with E-state index in [1.807, 2.05) is 72.8 Å². The Hall–Kier alpha value is -3.84. The van der Waals surface area contributed by atoms with Gasteiger partial charge >= 0.3 is 6.18 Å². The Morgan fingerprint density at radius 1 is 0.842 bits per heavy atom. The van der Waals surface area contributed by atoms with Crippen molar-refractivity contribution in [3.63, 3.8) is 0 Å². The molecule has 7 heteroatoms. The molecule has 0 amide bonds. The third kappa shape index (κ3) is 5.53. The summed E-state index contributed by atoms with van der Waals surface area (Å²) < 4.78 is 54.0. The normalized spacial score (nSPS) is 11.5. The molecule has 0 aliphatic rings. The molecule has 0 N–H and O–H groups in total. The summed E-state index contributed by atoms with van der Waals surface area (Å²) in [5.41, 5.74) is 3.36. The van der Waals surface area contributed by atoms with Gasteiger partial charge in [0.2, 0.25) is 0 Å².